The quantitative estimate of drug-likeness (QED) is 0.247. The van der Waals surface area contributed by atoms with Crippen LogP contribution in [0.2, 0.25) is 0 Å². The van der Waals surface area contributed by atoms with Gasteiger partial charge in [0.05, 0.1) is 5.60 Å². The summed E-state index contributed by atoms with van der Waals surface area (Å²) in [6.07, 6.45) is 13.0. The fourth-order valence-electron chi connectivity index (χ4n) is 9.62. The van der Waals surface area contributed by atoms with Crippen molar-refractivity contribution >= 4 is 37.8 Å². The van der Waals surface area contributed by atoms with Crippen molar-refractivity contribution in [1.82, 2.24) is 0 Å². The molecule has 34 heavy (non-hydrogen) atoms. The minimum absolute atomic E-state index is 0.00430. The first-order valence-corrected chi connectivity index (χ1v) is 15.7. The Morgan fingerprint density at radius 1 is 1.15 bits per heavy atom. The average Bonchev–Trinajstić information content (AvgIpc) is 3.07. The van der Waals surface area contributed by atoms with Crippen LogP contribution in [-0.4, -0.2) is 31.9 Å². The molecule has 3 nitrogen and oxygen atoms in total. The second kappa shape index (κ2) is 9.61. The summed E-state index contributed by atoms with van der Waals surface area (Å²) in [6, 6.07) is 0. The van der Waals surface area contributed by atoms with Crippen LogP contribution in [0, 0.1) is 40.4 Å². The van der Waals surface area contributed by atoms with Gasteiger partial charge in [0.25, 0.3) is 0 Å². The molecule has 5 heteroatoms. The van der Waals surface area contributed by atoms with E-state index in [0.29, 0.717) is 28.0 Å². The van der Waals surface area contributed by atoms with Crippen molar-refractivity contribution in [1.29, 1.82) is 0 Å². The first-order valence-electron chi connectivity index (χ1n) is 14.0. The summed E-state index contributed by atoms with van der Waals surface area (Å²) in [5, 5.41) is 10.2. The molecule has 0 aromatic carbocycles. The number of halogens is 2. The van der Waals surface area contributed by atoms with Crippen molar-refractivity contribution in [2.24, 2.45) is 40.4 Å². The highest BCUT2D eigenvalue weighted by Gasteiger charge is 2.69. The summed E-state index contributed by atoms with van der Waals surface area (Å²) in [5.74, 6) is 3.44. The van der Waals surface area contributed by atoms with E-state index in [-0.39, 0.29) is 21.8 Å². The first kappa shape index (κ1) is 27.4. The number of rotatable bonds is 6. The van der Waals surface area contributed by atoms with Crippen LogP contribution in [0.15, 0.2) is 0 Å². The van der Waals surface area contributed by atoms with Crippen molar-refractivity contribution in [2.45, 2.75) is 133 Å². The Kier molecular flexibility index (Phi) is 7.75. The Bertz CT molecular complexity index is 765. The maximum Gasteiger partial charge on any atom is 0.302 e. The summed E-state index contributed by atoms with van der Waals surface area (Å²) in [5.41, 5.74) is -0.176. The molecule has 0 bridgehead atoms. The van der Waals surface area contributed by atoms with E-state index in [1.54, 1.807) is 6.92 Å². The molecule has 0 spiro atoms. The molecule has 0 radical (unpaired) electrons. The van der Waals surface area contributed by atoms with Gasteiger partial charge in [0.2, 0.25) is 0 Å². The fourth-order valence-corrected chi connectivity index (χ4v) is 11.8. The molecule has 3 unspecified atom stereocenters. The maximum absolute atomic E-state index is 12.1. The smallest absolute Gasteiger partial charge is 0.302 e. The van der Waals surface area contributed by atoms with Gasteiger partial charge in [0, 0.05) is 21.5 Å². The van der Waals surface area contributed by atoms with Crippen LogP contribution in [0.3, 0.4) is 0 Å². The van der Waals surface area contributed by atoms with Crippen LogP contribution < -0.4 is 0 Å². The summed E-state index contributed by atoms with van der Waals surface area (Å²) in [6.45, 7) is 13.0. The largest absolute Gasteiger partial charge is 0.462 e. The molecular formula is C29H48Br2O3. The molecule has 0 heterocycles. The van der Waals surface area contributed by atoms with E-state index < -0.39 is 5.60 Å². The van der Waals surface area contributed by atoms with Gasteiger partial charge in [-0.1, -0.05) is 65.5 Å². The molecule has 0 amide bonds. The van der Waals surface area contributed by atoms with Gasteiger partial charge in [-0.15, -0.1) is 0 Å². The predicted molar refractivity (Wildman–Crippen MR) is 146 cm³/mol. The molecule has 196 valence electrons. The molecule has 1 N–H and O–H groups in total. The van der Waals surface area contributed by atoms with Gasteiger partial charge in [0.15, 0.2) is 0 Å². The number of fused-ring (bicyclic) bond motifs is 5. The van der Waals surface area contributed by atoms with Gasteiger partial charge >= 0.3 is 5.97 Å². The van der Waals surface area contributed by atoms with E-state index in [1.165, 1.54) is 38.5 Å². The van der Waals surface area contributed by atoms with E-state index in [1.807, 2.05) is 13.8 Å². The monoisotopic (exact) mass is 602 g/mol. The lowest BCUT2D eigenvalue weighted by atomic mass is 9.43. The zero-order chi connectivity index (χ0) is 25.1. The third-order valence-corrected chi connectivity index (χ3v) is 14.8. The van der Waals surface area contributed by atoms with Crippen molar-refractivity contribution in [3.8, 4) is 0 Å². The molecular weight excluding hydrogens is 556 g/mol. The van der Waals surface area contributed by atoms with E-state index in [2.05, 4.69) is 52.6 Å². The average molecular weight is 605 g/mol. The molecule has 0 aliphatic heterocycles. The van der Waals surface area contributed by atoms with Crippen LogP contribution in [0.25, 0.3) is 0 Å². The van der Waals surface area contributed by atoms with Crippen molar-refractivity contribution in [3.63, 3.8) is 0 Å². The highest BCUT2D eigenvalue weighted by atomic mass is 79.9. The molecule has 4 fully saturated rings. The standard InChI is InChI=1S/C29H48Br2O3/c1-18(9-7-14-26(3,4)33)21-11-12-22-20-17-24(30)29(31)15-8-10-25(34-19(2)32)28(29,6)23(20)13-16-27(21,22)5/h18,20-25,33H,7-17H2,1-6H3/t18-,20+,21-,22+,23+,24?,25?,27-,28+,29?/m1/s1. The summed E-state index contributed by atoms with van der Waals surface area (Å²) in [4.78, 5) is 12.5. The molecule has 4 aliphatic rings. The maximum atomic E-state index is 12.1. The van der Waals surface area contributed by atoms with Crippen molar-refractivity contribution in [3.05, 3.63) is 0 Å². The predicted octanol–water partition coefficient (Wildman–Crippen LogP) is 8.05. The normalized spacial score (nSPS) is 47.3. The van der Waals surface area contributed by atoms with Crippen LogP contribution in [0.5, 0.6) is 0 Å². The van der Waals surface area contributed by atoms with E-state index in [0.717, 1.165) is 43.9 Å². The molecule has 0 saturated heterocycles. The second-order valence-corrected chi connectivity index (χ2v) is 16.1. The van der Waals surface area contributed by atoms with Crippen LogP contribution in [-0.2, 0) is 9.53 Å². The minimum atomic E-state index is -0.553. The fraction of sp³-hybridized carbons (Fsp3) is 0.966. The molecule has 0 aromatic heterocycles. The van der Waals surface area contributed by atoms with E-state index >= 15 is 0 Å². The first-order chi connectivity index (χ1) is 15.7. The summed E-state index contributed by atoms with van der Waals surface area (Å²) < 4.78 is 6.08. The summed E-state index contributed by atoms with van der Waals surface area (Å²) in [7, 11) is 0. The van der Waals surface area contributed by atoms with E-state index in [4.69, 9.17) is 4.74 Å². The Balaban J connectivity index is 1.57. The van der Waals surface area contributed by atoms with E-state index in [9.17, 15) is 9.90 Å². The van der Waals surface area contributed by atoms with Gasteiger partial charge < -0.3 is 9.84 Å². The third-order valence-electron chi connectivity index (χ3n) is 11.3. The summed E-state index contributed by atoms with van der Waals surface area (Å²) >= 11 is 8.47. The molecule has 4 aliphatic carbocycles. The number of hydrogen-bond donors (Lipinski definition) is 1. The SMILES string of the molecule is CC(=O)OC1CCCC2(Br)C(Br)C[C@H]3[C@@H]4CC[C@H]([C@H](C)CCCC(C)(C)O)[C@@]4(C)CC[C@@H]3[C@@]12C. The lowest BCUT2D eigenvalue weighted by Crippen LogP contribution is -2.67. The topological polar surface area (TPSA) is 46.5 Å². The number of ether oxygens (including phenoxy) is 1. The molecule has 4 rings (SSSR count). The molecule has 10 atom stereocenters. The highest BCUT2D eigenvalue weighted by molar-refractivity contribution is 9.12. The lowest BCUT2D eigenvalue weighted by molar-refractivity contribution is -0.181. The zero-order valence-electron chi connectivity index (χ0n) is 22.3. The lowest BCUT2D eigenvalue weighted by Gasteiger charge is -2.66. The number of esters is 1. The van der Waals surface area contributed by atoms with Gasteiger partial charge in [-0.2, -0.15) is 0 Å². The van der Waals surface area contributed by atoms with Gasteiger partial charge in [-0.05, 0) is 107 Å². The van der Waals surface area contributed by atoms with Crippen molar-refractivity contribution < 1.29 is 14.6 Å². The van der Waals surface area contributed by atoms with Gasteiger partial charge in [-0.25, -0.2) is 0 Å². The third kappa shape index (κ3) is 4.48. The Morgan fingerprint density at radius 3 is 2.50 bits per heavy atom. The van der Waals surface area contributed by atoms with Crippen LogP contribution >= 0.6 is 31.9 Å². The Hall–Kier alpha value is 0.390. The second-order valence-electron chi connectivity index (χ2n) is 13.6. The highest BCUT2D eigenvalue weighted by Crippen LogP contribution is 2.72. The number of hydrogen-bond acceptors (Lipinski definition) is 3. The minimum Gasteiger partial charge on any atom is -0.462 e. The zero-order valence-corrected chi connectivity index (χ0v) is 25.5. The van der Waals surface area contributed by atoms with Gasteiger partial charge in [-0.3, -0.25) is 4.79 Å². The number of aliphatic hydroxyl groups is 1. The number of carbonyl (C=O) groups is 1. The van der Waals surface area contributed by atoms with Crippen LogP contribution in [0.1, 0.15) is 112 Å². The Labute approximate surface area is 225 Å². The number of carbonyl (C=O) groups excluding carboxylic acids is 1. The number of alkyl halides is 2. The van der Waals surface area contributed by atoms with Gasteiger partial charge in [0.1, 0.15) is 6.10 Å². The van der Waals surface area contributed by atoms with Crippen molar-refractivity contribution in [2.75, 3.05) is 0 Å². The Morgan fingerprint density at radius 2 is 1.85 bits per heavy atom. The molecule has 0 aromatic rings. The molecule has 4 saturated carbocycles. The van der Waals surface area contributed by atoms with Crippen LogP contribution in [0.4, 0.5) is 0 Å².